The number of carbonyl (C=O) groups is 1. The maximum atomic E-state index is 11.7. The van der Waals surface area contributed by atoms with Gasteiger partial charge < -0.3 is 4.74 Å². The molecule has 0 radical (unpaired) electrons. The summed E-state index contributed by atoms with van der Waals surface area (Å²) in [6.07, 6.45) is 1.43. The van der Waals surface area contributed by atoms with Crippen LogP contribution in [-0.2, 0) is 11.8 Å². The smallest absolute Gasteiger partial charge is 0.341 e. The van der Waals surface area contributed by atoms with Gasteiger partial charge >= 0.3 is 5.97 Å². The molecule has 0 saturated carbocycles. The highest BCUT2D eigenvalue weighted by molar-refractivity contribution is 6.37. The van der Waals surface area contributed by atoms with E-state index in [4.69, 9.17) is 16.3 Å². The molecule has 0 N–H and O–H groups in total. The van der Waals surface area contributed by atoms with Crippen molar-refractivity contribution >= 4 is 28.6 Å². The summed E-state index contributed by atoms with van der Waals surface area (Å²) in [5.41, 5.74) is 2.39. The molecule has 0 fully saturated rings. The minimum Gasteiger partial charge on any atom is -0.462 e. The predicted octanol–water partition coefficient (Wildman–Crippen LogP) is 2.11. The molecule has 0 saturated heterocycles. The molecule has 5 nitrogen and oxygen atoms in total. The molecule has 0 aliphatic rings. The van der Waals surface area contributed by atoms with Crippen molar-refractivity contribution in [1.82, 2.24) is 14.8 Å². The SMILES string of the molecule is CCOC(=O)c1cnc2c(C)nn(C)c2c1Cl. The van der Waals surface area contributed by atoms with Gasteiger partial charge in [0.15, 0.2) is 0 Å². The highest BCUT2D eigenvalue weighted by atomic mass is 35.5. The van der Waals surface area contributed by atoms with E-state index in [1.54, 1.807) is 18.7 Å². The summed E-state index contributed by atoms with van der Waals surface area (Å²) in [7, 11) is 1.76. The first kappa shape index (κ1) is 11.9. The second-order valence-corrected chi connectivity index (χ2v) is 3.99. The van der Waals surface area contributed by atoms with Crippen LogP contribution < -0.4 is 0 Å². The van der Waals surface area contributed by atoms with Crippen LogP contribution in [0.2, 0.25) is 5.02 Å². The molecule has 0 aliphatic carbocycles. The molecule has 2 aromatic heterocycles. The Morgan fingerprint density at radius 3 is 2.94 bits per heavy atom. The normalized spacial score (nSPS) is 10.8. The van der Waals surface area contributed by atoms with Gasteiger partial charge in [0.2, 0.25) is 0 Å². The predicted molar refractivity (Wildman–Crippen MR) is 64.2 cm³/mol. The third-order valence-corrected chi connectivity index (χ3v) is 2.84. The molecular formula is C11H12ClN3O2. The van der Waals surface area contributed by atoms with Crippen LogP contribution in [0.3, 0.4) is 0 Å². The molecule has 0 unspecified atom stereocenters. The number of hydrogen-bond donors (Lipinski definition) is 0. The summed E-state index contributed by atoms with van der Waals surface area (Å²) in [5, 5.41) is 4.55. The average Bonchev–Trinajstić information content (AvgIpc) is 2.56. The molecule has 90 valence electrons. The summed E-state index contributed by atoms with van der Waals surface area (Å²) < 4.78 is 6.53. The summed E-state index contributed by atoms with van der Waals surface area (Å²) in [4.78, 5) is 15.8. The van der Waals surface area contributed by atoms with Crippen LogP contribution in [0.1, 0.15) is 23.0 Å². The lowest BCUT2D eigenvalue weighted by Gasteiger charge is -2.05. The minimum absolute atomic E-state index is 0.268. The maximum Gasteiger partial charge on any atom is 0.341 e. The van der Waals surface area contributed by atoms with Gasteiger partial charge in [0.25, 0.3) is 0 Å². The van der Waals surface area contributed by atoms with E-state index in [0.29, 0.717) is 22.7 Å². The lowest BCUT2D eigenvalue weighted by Crippen LogP contribution is -2.06. The molecule has 0 aliphatic heterocycles. The largest absolute Gasteiger partial charge is 0.462 e. The van der Waals surface area contributed by atoms with Crippen molar-refractivity contribution in [1.29, 1.82) is 0 Å². The van der Waals surface area contributed by atoms with Gasteiger partial charge in [-0.25, -0.2) is 4.79 Å². The summed E-state index contributed by atoms with van der Waals surface area (Å²) in [6, 6.07) is 0. The minimum atomic E-state index is -0.467. The van der Waals surface area contributed by atoms with E-state index in [1.807, 2.05) is 6.92 Å². The first-order valence-electron chi connectivity index (χ1n) is 5.21. The van der Waals surface area contributed by atoms with Crippen molar-refractivity contribution in [3.05, 3.63) is 22.5 Å². The van der Waals surface area contributed by atoms with Gasteiger partial charge in [-0.15, -0.1) is 0 Å². The standard InChI is InChI=1S/C11H12ClN3O2/c1-4-17-11(16)7-5-13-9-6(2)14-15(3)10(9)8(7)12/h5H,4H2,1-3H3. The van der Waals surface area contributed by atoms with E-state index < -0.39 is 5.97 Å². The summed E-state index contributed by atoms with van der Waals surface area (Å²) in [5.74, 6) is -0.467. The molecular weight excluding hydrogens is 242 g/mol. The van der Waals surface area contributed by atoms with Crippen molar-refractivity contribution in [3.8, 4) is 0 Å². The first-order valence-corrected chi connectivity index (χ1v) is 5.59. The number of pyridine rings is 1. The van der Waals surface area contributed by atoms with Crippen LogP contribution in [0.4, 0.5) is 0 Å². The van der Waals surface area contributed by atoms with Crippen molar-refractivity contribution < 1.29 is 9.53 Å². The zero-order valence-electron chi connectivity index (χ0n) is 9.82. The molecule has 2 heterocycles. The van der Waals surface area contributed by atoms with E-state index in [0.717, 1.165) is 5.69 Å². The Kier molecular flexibility index (Phi) is 3.02. The van der Waals surface area contributed by atoms with Crippen LogP contribution >= 0.6 is 11.6 Å². The number of hydrogen-bond acceptors (Lipinski definition) is 4. The molecule has 2 aromatic rings. The number of aromatic nitrogens is 3. The van der Waals surface area contributed by atoms with E-state index in [2.05, 4.69) is 10.1 Å². The van der Waals surface area contributed by atoms with E-state index >= 15 is 0 Å². The molecule has 0 bridgehead atoms. The lowest BCUT2D eigenvalue weighted by atomic mass is 10.2. The number of carbonyl (C=O) groups excluding carboxylic acids is 1. The van der Waals surface area contributed by atoms with Crippen molar-refractivity contribution in [2.24, 2.45) is 7.05 Å². The van der Waals surface area contributed by atoms with Crippen LogP contribution in [0.15, 0.2) is 6.20 Å². The Hall–Kier alpha value is -1.62. The topological polar surface area (TPSA) is 57.0 Å². The van der Waals surface area contributed by atoms with E-state index in [1.165, 1.54) is 6.20 Å². The molecule has 0 amide bonds. The van der Waals surface area contributed by atoms with Crippen LogP contribution in [0.5, 0.6) is 0 Å². The molecule has 17 heavy (non-hydrogen) atoms. The maximum absolute atomic E-state index is 11.7. The van der Waals surface area contributed by atoms with Crippen LogP contribution in [0.25, 0.3) is 11.0 Å². The monoisotopic (exact) mass is 253 g/mol. The third-order valence-electron chi connectivity index (χ3n) is 2.45. The molecule has 0 aromatic carbocycles. The van der Waals surface area contributed by atoms with Crippen molar-refractivity contribution in [2.45, 2.75) is 13.8 Å². The number of aryl methyl sites for hydroxylation is 2. The third kappa shape index (κ3) is 1.86. The number of esters is 1. The summed E-state index contributed by atoms with van der Waals surface area (Å²) >= 11 is 6.19. The number of fused-ring (bicyclic) bond motifs is 1. The number of nitrogens with zero attached hydrogens (tertiary/aromatic N) is 3. The molecule has 6 heteroatoms. The highest BCUT2D eigenvalue weighted by Crippen LogP contribution is 2.27. The van der Waals surface area contributed by atoms with Gasteiger partial charge in [-0.05, 0) is 13.8 Å². The van der Waals surface area contributed by atoms with Gasteiger partial charge in [0.05, 0.1) is 22.9 Å². The summed E-state index contributed by atoms with van der Waals surface area (Å²) in [6.45, 7) is 3.89. The molecule has 0 spiro atoms. The van der Waals surface area contributed by atoms with Crippen LogP contribution in [-0.4, -0.2) is 27.3 Å². The molecule has 2 rings (SSSR count). The van der Waals surface area contributed by atoms with Gasteiger partial charge in [0, 0.05) is 13.2 Å². The quantitative estimate of drug-likeness (QED) is 0.769. The second-order valence-electron chi connectivity index (χ2n) is 3.61. The fourth-order valence-corrected chi connectivity index (χ4v) is 2.05. The lowest BCUT2D eigenvalue weighted by molar-refractivity contribution is 0.0526. The van der Waals surface area contributed by atoms with Gasteiger partial charge in [-0.1, -0.05) is 11.6 Å². The van der Waals surface area contributed by atoms with Crippen molar-refractivity contribution in [3.63, 3.8) is 0 Å². The number of ether oxygens (including phenoxy) is 1. The fraction of sp³-hybridized carbons (Fsp3) is 0.364. The zero-order valence-corrected chi connectivity index (χ0v) is 10.6. The fourth-order valence-electron chi connectivity index (χ4n) is 1.71. The van der Waals surface area contributed by atoms with Crippen LogP contribution in [0, 0.1) is 6.92 Å². The number of halogens is 1. The Bertz CT molecular complexity index is 592. The van der Waals surface area contributed by atoms with Gasteiger partial charge in [-0.2, -0.15) is 5.10 Å². The van der Waals surface area contributed by atoms with E-state index in [-0.39, 0.29) is 5.56 Å². The Morgan fingerprint density at radius 2 is 2.29 bits per heavy atom. The van der Waals surface area contributed by atoms with Crippen molar-refractivity contribution in [2.75, 3.05) is 6.61 Å². The Labute approximate surface area is 103 Å². The number of rotatable bonds is 2. The Morgan fingerprint density at radius 1 is 1.59 bits per heavy atom. The average molecular weight is 254 g/mol. The van der Waals surface area contributed by atoms with E-state index in [9.17, 15) is 4.79 Å². The van der Waals surface area contributed by atoms with Gasteiger partial charge in [-0.3, -0.25) is 9.67 Å². The Balaban J connectivity index is 2.65. The van der Waals surface area contributed by atoms with Gasteiger partial charge in [0.1, 0.15) is 11.0 Å². The second kappa shape index (κ2) is 4.33. The first-order chi connectivity index (χ1) is 8.06. The highest BCUT2D eigenvalue weighted by Gasteiger charge is 2.18. The zero-order chi connectivity index (χ0) is 12.6. The molecule has 0 atom stereocenters.